The van der Waals surface area contributed by atoms with Crippen molar-refractivity contribution in [2.24, 2.45) is 0 Å². The second-order valence-corrected chi connectivity index (χ2v) is 7.60. The quantitative estimate of drug-likeness (QED) is 0.550. The van der Waals surface area contributed by atoms with Crippen LogP contribution < -0.4 is 4.90 Å². The van der Waals surface area contributed by atoms with Gasteiger partial charge in [0.2, 0.25) is 0 Å². The number of anilines is 1. The molecule has 0 unspecified atom stereocenters. The first kappa shape index (κ1) is 19.2. The van der Waals surface area contributed by atoms with Gasteiger partial charge in [0.15, 0.2) is 5.69 Å². The molecule has 1 aliphatic rings. The third-order valence-corrected chi connectivity index (χ3v) is 5.50. The van der Waals surface area contributed by atoms with Crippen molar-refractivity contribution in [1.82, 2.24) is 9.55 Å². The SMILES string of the molecule is C=CCN(C(=O)c1nc(-c2ccc(C)cc2)n2c1CCCCC2)c1ccccc1. The number of imidazole rings is 1. The van der Waals surface area contributed by atoms with Gasteiger partial charge in [0, 0.05) is 24.3 Å². The number of carbonyl (C=O) groups is 1. The van der Waals surface area contributed by atoms with Crippen molar-refractivity contribution in [3.63, 3.8) is 0 Å². The van der Waals surface area contributed by atoms with Crippen LogP contribution in [0.1, 0.15) is 41.0 Å². The highest BCUT2D eigenvalue weighted by molar-refractivity contribution is 6.06. The van der Waals surface area contributed by atoms with Crippen LogP contribution in [0.3, 0.4) is 0 Å². The molecule has 1 aromatic heterocycles. The van der Waals surface area contributed by atoms with E-state index >= 15 is 0 Å². The minimum absolute atomic E-state index is 0.0555. The molecule has 2 aromatic carbocycles. The van der Waals surface area contributed by atoms with E-state index in [4.69, 9.17) is 4.98 Å². The lowest BCUT2D eigenvalue weighted by atomic mass is 10.1. The molecule has 1 amide bonds. The van der Waals surface area contributed by atoms with Crippen LogP contribution in [0.15, 0.2) is 67.3 Å². The number of hydrogen-bond donors (Lipinski definition) is 0. The van der Waals surface area contributed by atoms with E-state index in [1.54, 1.807) is 11.0 Å². The van der Waals surface area contributed by atoms with Crippen LogP contribution in [0, 0.1) is 6.92 Å². The average Bonchev–Trinajstić information content (AvgIpc) is 2.93. The monoisotopic (exact) mass is 385 g/mol. The summed E-state index contributed by atoms with van der Waals surface area (Å²) in [6, 6.07) is 18.2. The van der Waals surface area contributed by atoms with Crippen LogP contribution in [0.25, 0.3) is 11.4 Å². The normalized spacial score (nSPS) is 13.4. The molecule has 4 nitrogen and oxygen atoms in total. The Balaban J connectivity index is 1.81. The summed E-state index contributed by atoms with van der Waals surface area (Å²) >= 11 is 0. The number of aromatic nitrogens is 2. The molecule has 1 aliphatic heterocycles. The standard InChI is InChI=1S/C25H27N3O/c1-3-17-27(21-10-6-4-7-11-21)25(29)23-22-12-8-5-9-18-28(22)24(26-23)20-15-13-19(2)14-16-20/h3-4,6-7,10-11,13-16H,1,5,8-9,12,17-18H2,2H3. The van der Waals surface area contributed by atoms with Crippen molar-refractivity contribution < 1.29 is 4.79 Å². The summed E-state index contributed by atoms with van der Waals surface area (Å²) in [6.07, 6.45) is 6.03. The molecule has 0 N–H and O–H groups in total. The van der Waals surface area contributed by atoms with E-state index in [1.165, 1.54) is 12.0 Å². The van der Waals surface area contributed by atoms with Gasteiger partial charge in [-0.1, -0.05) is 60.5 Å². The van der Waals surface area contributed by atoms with E-state index in [1.807, 2.05) is 30.3 Å². The summed E-state index contributed by atoms with van der Waals surface area (Å²) < 4.78 is 2.27. The summed E-state index contributed by atoms with van der Waals surface area (Å²) in [4.78, 5) is 20.3. The van der Waals surface area contributed by atoms with Crippen molar-refractivity contribution in [3.05, 3.63) is 84.2 Å². The summed E-state index contributed by atoms with van der Waals surface area (Å²) in [5, 5.41) is 0. The van der Waals surface area contributed by atoms with Crippen molar-refractivity contribution >= 4 is 11.6 Å². The molecule has 0 aliphatic carbocycles. The van der Waals surface area contributed by atoms with E-state index < -0.39 is 0 Å². The van der Waals surface area contributed by atoms with Gasteiger partial charge in [-0.05, 0) is 38.3 Å². The largest absolute Gasteiger partial charge is 0.327 e. The molecule has 4 heteroatoms. The highest BCUT2D eigenvalue weighted by atomic mass is 16.2. The van der Waals surface area contributed by atoms with E-state index in [0.717, 1.165) is 48.6 Å². The zero-order chi connectivity index (χ0) is 20.2. The predicted molar refractivity (Wildman–Crippen MR) is 118 cm³/mol. The molecular formula is C25H27N3O. The van der Waals surface area contributed by atoms with E-state index in [0.29, 0.717) is 12.2 Å². The Morgan fingerprint density at radius 3 is 2.59 bits per heavy atom. The molecule has 0 atom stereocenters. The maximum Gasteiger partial charge on any atom is 0.279 e. The lowest BCUT2D eigenvalue weighted by molar-refractivity contribution is 0.0984. The van der Waals surface area contributed by atoms with E-state index in [2.05, 4.69) is 42.3 Å². The second kappa shape index (κ2) is 8.48. The molecule has 0 saturated heterocycles. The van der Waals surface area contributed by atoms with Crippen LogP contribution >= 0.6 is 0 Å². The fraction of sp³-hybridized carbons (Fsp3) is 0.280. The van der Waals surface area contributed by atoms with Gasteiger partial charge in [-0.15, -0.1) is 6.58 Å². The van der Waals surface area contributed by atoms with Crippen LogP contribution in [0.5, 0.6) is 0 Å². The summed E-state index contributed by atoms with van der Waals surface area (Å²) in [5.41, 5.74) is 4.78. The molecule has 0 fully saturated rings. The number of carbonyl (C=O) groups excluding carboxylic acids is 1. The van der Waals surface area contributed by atoms with Crippen molar-refractivity contribution in [3.8, 4) is 11.4 Å². The summed E-state index contributed by atoms with van der Waals surface area (Å²) in [7, 11) is 0. The Labute approximate surface area is 172 Å². The van der Waals surface area contributed by atoms with Gasteiger partial charge in [0.05, 0.1) is 5.69 Å². The topological polar surface area (TPSA) is 38.1 Å². The average molecular weight is 386 g/mol. The van der Waals surface area contributed by atoms with Gasteiger partial charge in [-0.2, -0.15) is 0 Å². The first-order chi connectivity index (χ1) is 14.2. The maximum absolute atomic E-state index is 13.6. The molecule has 0 radical (unpaired) electrons. The molecule has 29 heavy (non-hydrogen) atoms. The number of hydrogen-bond acceptors (Lipinski definition) is 2. The van der Waals surface area contributed by atoms with Gasteiger partial charge >= 0.3 is 0 Å². The lowest BCUT2D eigenvalue weighted by Gasteiger charge is -2.21. The highest BCUT2D eigenvalue weighted by Crippen LogP contribution is 2.29. The Hall–Kier alpha value is -3.14. The fourth-order valence-electron chi connectivity index (χ4n) is 3.98. The van der Waals surface area contributed by atoms with Gasteiger partial charge in [0.25, 0.3) is 5.91 Å². The number of aryl methyl sites for hydroxylation is 1. The number of benzene rings is 2. The zero-order valence-corrected chi connectivity index (χ0v) is 17.0. The summed E-state index contributed by atoms with van der Waals surface area (Å²) in [5.74, 6) is 0.844. The number of nitrogens with zero attached hydrogens (tertiary/aromatic N) is 3. The van der Waals surface area contributed by atoms with E-state index in [-0.39, 0.29) is 5.91 Å². The molecule has 0 spiro atoms. The van der Waals surface area contributed by atoms with E-state index in [9.17, 15) is 4.79 Å². The van der Waals surface area contributed by atoms with Crippen molar-refractivity contribution in [1.29, 1.82) is 0 Å². The van der Waals surface area contributed by atoms with Gasteiger partial charge in [-0.3, -0.25) is 4.79 Å². The Morgan fingerprint density at radius 1 is 1.10 bits per heavy atom. The molecule has 2 heterocycles. The van der Waals surface area contributed by atoms with Crippen LogP contribution in [0.2, 0.25) is 0 Å². The molecule has 148 valence electrons. The maximum atomic E-state index is 13.6. The highest BCUT2D eigenvalue weighted by Gasteiger charge is 2.27. The van der Waals surface area contributed by atoms with Gasteiger partial charge < -0.3 is 9.47 Å². The third-order valence-electron chi connectivity index (χ3n) is 5.50. The number of rotatable bonds is 5. The Kier molecular flexibility index (Phi) is 5.61. The second-order valence-electron chi connectivity index (χ2n) is 7.60. The minimum Gasteiger partial charge on any atom is -0.327 e. The smallest absolute Gasteiger partial charge is 0.279 e. The third kappa shape index (κ3) is 3.88. The lowest BCUT2D eigenvalue weighted by Crippen LogP contribution is -2.32. The first-order valence-corrected chi connectivity index (χ1v) is 10.3. The number of amides is 1. The molecule has 0 bridgehead atoms. The number of fused-ring (bicyclic) bond motifs is 1. The number of para-hydroxylation sites is 1. The van der Waals surface area contributed by atoms with Gasteiger partial charge in [0.1, 0.15) is 5.82 Å². The van der Waals surface area contributed by atoms with Crippen LogP contribution in [0.4, 0.5) is 5.69 Å². The molecule has 3 aromatic rings. The van der Waals surface area contributed by atoms with Crippen LogP contribution in [-0.4, -0.2) is 22.0 Å². The van der Waals surface area contributed by atoms with Crippen LogP contribution in [-0.2, 0) is 13.0 Å². The molecular weight excluding hydrogens is 358 g/mol. The Morgan fingerprint density at radius 2 is 1.86 bits per heavy atom. The molecule has 0 saturated carbocycles. The Bertz CT molecular complexity index is 1000. The zero-order valence-electron chi connectivity index (χ0n) is 17.0. The predicted octanol–water partition coefficient (Wildman–Crippen LogP) is 5.42. The minimum atomic E-state index is -0.0555. The van der Waals surface area contributed by atoms with Gasteiger partial charge in [-0.25, -0.2) is 4.98 Å². The van der Waals surface area contributed by atoms with Crippen molar-refractivity contribution in [2.45, 2.75) is 39.2 Å². The summed E-state index contributed by atoms with van der Waals surface area (Å²) in [6.45, 7) is 7.29. The molecule has 4 rings (SSSR count). The fourth-order valence-corrected chi connectivity index (χ4v) is 3.98. The first-order valence-electron chi connectivity index (χ1n) is 10.3. The van der Waals surface area contributed by atoms with Crippen molar-refractivity contribution in [2.75, 3.05) is 11.4 Å².